The molecule has 0 atom stereocenters. The summed E-state index contributed by atoms with van der Waals surface area (Å²) in [5, 5.41) is 4.02. The highest BCUT2D eigenvalue weighted by Gasteiger charge is 2.18. The number of guanidine groups is 1. The second-order valence-electron chi connectivity index (χ2n) is 6.50. The molecule has 0 aliphatic carbocycles. The van der Waals surface area contributed by atoms with E-state index in [1.807, 2.05) is 6.07 Å². The molecule has 1 aliphatic heterocycles. The average molecular weight is 345 g/mol. The molecule has 0 saturated carbocycles. The molecule has 0 bridgehead atoms. The molecule has 1 aliphatic rings. The third-order valence-electron chi connectivity index (χ3n) is 4.36. The summed E-state index contributed by atoms with van der Waals surface area (Å²) in [4.78, 5) is 8.69. The van der Waals surface area contributed by atoms with Gasteiger partial charge in [-0.15, -0.1) is 0 Å². The van der Waals surface area contributed by atoms with Crippen LogP contribution in [-0.2, 0) is 6.54 Å². The number of nitrogens with zero attached hydrogens (tertiary/aromatic N) is 4. The number of hydrogen-bond acceptors (Lipinski definition) is 4. The van der Waals surface area contributed by atoms with Gasteiger partial charge in [-0.3, -0.25) is 0 Å². The minimum atomic E-state index is -0.216. The highest BCUT2D eigenvalue weighted by atomic mass is 19.1. The lowest BCUT2D eigenvalue weighted by molar-refractivity contribution is 0.368. The number of benzene rings is 1. The van der Waals surface area contributed by atoms with Crippen LogP contribution in [0.3, 0.4) is 0 Å². The van der Waals surface area contributed by atoms with Gasteiger partial charge < -0.3 is 20.1 Å². The molecule has 134 valence electrons. The molecule has 0 amide bonds. The number of rotatable bonds is 4. The summed E-state index contributed by atoms with van der Waals surface area (Å²) in [6, 6.07) is 8.51. The highest BCUT2D eigenvalue weighted by Crippen LogP contribution is 2.17. The first-order chi connectivity index (χ1) is 12.0. The number of halogens is 1. The van der Waals surface area contributed by atoms with Crippen molar-refractivity contribution < 1.29 is 8.91 Å². The number of aliphatic imine (C=N–C) groups is 1. The fraction of sp³-hybridized carbons (Fsp3) is 0.444. The van der Waals surface area contributed by atoms with Gasteiger partial charge in [0.25, 0.3) is 0 Å². The van der Waals surface area contributed by atoms with Gasteiger partial charge >= 0.3 is 0 Å². The molecule has 1 aromatic carbocycles. The van der Waals surface area contributed by atoms with Crippen LogP contribution in [0.5, 0.6) is 0 Å². The van der Waals surface area contributed by atoms with Crippen LogP contribution >= 0.6 is 0 Å². The van der Waals surface area contributed by atoms with E-state index >= 15 is 0 Å². The smallest absolute Gasteiger partial charge is 0.191 e. The lowest BCUT2D eigenvalue weighted by atomic mass is 10.1. The van der Waals surface area contributed by atoms with Gasteiger partial charge in [0.15, 0.2) is 11.7 Å². The van der Waals surface area contributed by atoms with Crippen LogP contribution in [0.1, 0.15) is 31.2 Å². The fourth-order valence-corrected chi connectivity index (χ4v) is 2.78. The largest absolute Gasteiger partial charge is 0.370 e. The van der Waals surface area contributed by atoms with E-state index in [-0.39, 0.29) is 5.82 Å². The van der Waals surface area contributed by atoms with Gasteiger partial charge in [-0.2, -0.15) is 0 Å². The Morgan fingerprint density at radius 3 is 2.52 bits per heavy atom. The molecule has 1 aromatic heterocycles. The van der Waals surface area contributed by atoms with Crippen molar-refractivity contribution >= 4 is 11.6 Å². The molecule has 6 nitrogen and oxygen atoms in total. The van der Waals surface area contributed by atoms with Crippen LogP contribution in [0.25, 0.3) is 0 Å². The van der Waals surface area contributed by atoms with Gasteiger partial charge in [-0.1, -0.05) is 19.0 Å². The zero-order chi connectivity index (χ0) is 17.8. The molecule has 2 aromatic rings. The van der Waals surface area contributed by atoms with E-state index in [1.165, 1.54) is 12.1 Å². The van der Waals surface area contributed by atoms with Crippen molar-refractivity contribution in [3.8, 4) is 0 Å². The lowest BCUT2D eigenvalue weighted by Crippen LogP contribution is -2.51. The van der Waals surface area contributed by atoms with Crippen LogP contribution in [0.2, 0.25) is 0 Å². The Labute approximate surface area is 147 Å². The molecule has 25 heavy (non-hydrogen) atoms. The predicted octanol–water partition coefficient (Wildman–Crippen LogP) is 2.57. The van der Waals surface area contributed by atoms with Crippen LogP contribution in [0.15, 0.2) is 39.8 Å². The quantitative estimate of drug-likeness (QED) is 0.681. The van der Waals surface area contributed by atoms with Gasteiger partial charge in [0.05, 0.1) is 5.69 Å². The Hall–Kier alpha value is -2.57. The summed E-state index contributed by atoms with van der Waals surface area (Å²) in [5.74, 6) is 1.35. The second kappa shape index (κ2) is 7.55. The molecule has 1 saturated heterocycles. The molecule has 0 radical (unpaired) electrons. The van der Waals surface area contributed by atoms with Gasteiger partial charge in [0.1, 0.15) is 12.4 Å². The number of anilines is 1. The summed E-state index contributed by atoms with van der Waals surface area (Å²) >= 11 is 0. The molecule has 3 rings (SSSR count). The normalized spacial score (nSPS) is 15.9. The molecular formula is C18H24FN5O. The SMILES string of the molecule is CC(C)c1cc(CN=C(N)N2CCN(c3ccc(F)cc3)CC2)on1. The first-order valence-electron chi connectivity index (χ1n) is 8.54. The molecule has 7 heteroatoms. The number of aromatic nitrogens is 1. The van der Waals surface area contributed by atoms with E-state index in [0.29, 0.717) is 18.4 Å². The Bertz CT molecular complexity index is 717. The Morgan fingerprint density at radius 1 is 1.24 bits per heavy atom. The molecule has 2 N–H and O–H groups in total. The fourth-order valence-electron chi connectivity index (χ4n) is 2.78. The summed E-state index contributed by atoms with van der Waals surface area (Å²) in [6.45, 7) is 7.73. The van der Waals surface area contributed by atoms with Crippen LogP contribution in [-0.4, -0.2) is 42.2 Å². The predicted molar refractivity (Wildman–Crippen MR) is 96.1 cm³/mol. The van der Waals surface area contributed by atoms with E-state index in [0.717, 1.165) is 43.3 Å². The van der Waals surface area contributed by atoms with Crippen molar-refractivity contribution in [3.05, 3.63) is 47.6 Å². The minimum absolute atomic E-state index is 0.216. The van der Waals surface area contributed by atoms with Gasteiger partial charge in [-0.05, 0) is 30.2 Å². The van der Waals surface area contributed by atoms with E-state index in [4.69, 9.17) is 10.3 Å². The summed E-state index contributed by atoms with van der Waals surface area (Å²) < 4.78 is 18.3. The Balaban J connectivity index is 1.53. The maximum atomic E-state index is 13.0. The van der Waals surface area contributed by atoms with Crippen molar-refractivity contribution in [2.75, 3.05) is 31.1 Å². The zero-order valence-electron chi connectivity index (χ0n) is 14.7. The van der Waals surface area contributed by atoms with E-state index in [2.05, 4.69) is 33.8 Å². The minimum Gasteiger partial charge on any atom is -0.370 e. The van der Waals surface area contributed by atoms with Gasteiger partial charge in [-0.25, -0.2) is 9.38 Å². The van der Waals surface area contributed by atoms with Crippen molar-refractivity contribution in [1.82, 2.24) is 10.1 Å². The highest BCUT2D eigenvalue weighted by molar-refractivity contribution is 5.78. The second-order valence-corrected chi connectivity index (χ2v) is 6.50. The topological polar surface area (TPSA) is 70.9 Å². The molecule has 2 heterocycles. The van der Waals surface area contributed by atoms with Crippen LogP contribution < -0.4 is 10.6 Å². The number of hydrogen-bond donors (Lipinski definition) is 1. The van der Waals surface area contributed by atoms with Crippen LogP contribution in [0.4, 0.5) is 10.1 Å². The summed E-state index contributed by atoms with van der Waals surface area (Å²) in [5.41, 5.74) is 8.07. The van der Waals surface area contributed by atoms with Crippen LogP contribution in [0, 0.1) is 5.82 Å². The van der Waals surface area contributed by atoms with Crippen molar-refractivity contribution in [1.29, 1.82) is 0 Å². The third-order valence-corrected chi connectivity index (χ3v) is 4.36. The lowest BCUT2D eigenvalue weighted by Gasteiger charge is -2.36. The van der Waals surface area contributed by atoms with Crippen molar-refractivity contribution in [3.63, 3.8) is 0 Å². The van der Waals surface area contributed by atoms with Crippen molar-refractivity contribution in [2.24, 2.45) is 10.7 Å². The first-order valence-corrected chi connectivity index (χ1v) is 8.54. The van der Waals surface area contributed by atoms with E-state index in [9.17, 15) is 4.39 Å². The zero-order valence-corrected chi connectivity index (χ0v) is 14.7. The number of nitrogens with two attached hydrogens (primary N) is 1. The van der Waals surface area contributed by atoms with E-state index in [1.54, 1.807) is 12.1 Å². The molecule has 0 spiro atoms. The average Bonchev–Trinajstić information content (AvgIpc) is 3.10. The van der Waals surface area contributed by atoms with Crippen molar-refractivity contribution in [2.45, 2.75) is 26.3 Å². The monoisotopic (exact) mass is 345 g/mol. The molecule has 0 unspecified atom stereocenters. The summed E-state index contributed by atoms with van der Waals surface area (Å²) in [7, 11) is 0. The van der Waals surface area contributed by atoms with Gasteiger partial charge in [0.2, 0.25) is 0 Å². The number of piperazine rings is 1. The summed E-state index contributed by atoms with van der Waals surface area (Å²) in [6.07, 6.45) is 0. The molecule has 1 fully saturated rings. The first kappa shape index (κ1) is 17.3. The Morgan fingerprint density at radius 2 is 1.92 bits per heavy atom. The van der Waals surface area contributed by atoms with E-state index < -0.39 is 0 Å². The van der Waals surface area contributed by atoms with Gasteiger partial charge in [0, 0.05) is 37.9 Å². The Kier molecular flexibility index (Phi) is 5.21. The third kappa shape index (κ3) is 4.29. The maximum Gasteiger partial charge on any atom is 0.191 e. The molecular weight excluding hydrogens is 321 g/mol. The maximum absolute atomic E-state index is 13.0. The standard InChI is InChI=1S/C18H24FN5O/c1-13(2)17-11-16(25-22-17)12-21-18(20)24-9-7-23(8-10-24)15-5-3-14(19)4-6-15/h3-6,11,13H,7-10,12H2,1-2H3,(H2,20,21).